The predicted molar refractivity (Wildman–Crippen MR) is 89.5 cm³/mol. The molecule has 2 aromatic carbocycles. The summed E-state index contributed by atoms with van der Waals surface area (Å²) in [6.45, 7) is 1.11. The molecule has 0 spiro atoms. The minimum Gasteiger partial charge on any atom is -0.379 e. The number of rotatable bonds is 4. The molecule has 1 aliphatic rings. The monoisotopic (exact) mass is 362 g/mol. The summed E-state index contributed by atoms with van der Waals surface area (Å²) in [6, 6.07) is 12.7. The maximum absolute atomic E-state index is 13.9. The van der Waals surface area contributed by atoms with Crippen LogP contribution in [0.2, 0.25) is 0 Å². The van der Waals surface area contributed by atoms with Crippen LogP contribution in [-0.2, 0) is 11.3 Å². The summed E-state index contributed by atoms with van der Waals surface area (Å²) in [5, 5.41) is 3.24. The first-order valence-corrected chi connectivity index (χ1v) is 8.01. The van der Waals surface area contributed by atoms with Gasteiger partial charge in [0.1, 0.15) is 5.82 Å². The van der Waals surface area contributed by atoms with Crippen molar-refractivity contribution in [2.24, 2.45) is 0 Å². The number of anilines is 2. The molecule has 2 aromatic rings. The second-order valence-corrected chi connectivity index (χ2v) is 6.17. The van der Waals surface area contributed by atoms with Gasteiger partial charge in [0, 0.05) is 29.5 Å². The Morgan fingerprint density at radius 3 is 2.77 bits per heavy atom. The van der Waals surface area contributed by atoms with Gasteiger partial charge in [-0.05, 0) is 30.7 Å². The van der Waals surface area contributed by atoms with E-state index in [-0.39, 0.29) is 11.7 Å². The lowest BCUT2D eigenvalue weighted by Crippen LogP contribution is -2.24. The van der Waals surface area contributed by atoms with Gasteiger partial charge in [-0.1, -0.05) is 34.1 Å². The van der Waals surface area contributed by atoms with E-state index in [4.69, 9.17) is 0 Å². The molecule has 5 heteroatoms. The zero-order valence-corrected chi connectivity index (χ0v) is 13.6. The van der Waals surface area contributed by atoms with E-state index in [0.29, 0.717) is 18.5 Å². The summed E-state index contributed by atoms with van der Waals surface area (Å²) in [6.07, 6.45) is 1.48. The quantitative estimate of drug-likeness (QED) is 0.877. The lowest BCUT2D eigenvalue weighted by Gasteiger charge is -2.20. The van der Waals surface area contributed by atoms with Crippen molar-refractivity contribution in [3.63, 3.8) is 0 Å². The van der Waals surface area contributed by atoms with Crippen LogP contribution >= 0.6 is 15.9 Å². The maximum atomic E-state index is 13.9. The number of amides is 1. The summed E-state index contributed by atoms with van der Waals surface area (Å²) < 4.78 is 14.6. The van der Waals surface area contributed by atoms with Crippen molar-refractivity contribution < 1.29 is 9.18 Å². The number of halogens is 2. The van der Waals surface area contributed by atoms with Gasteiger partial charge in [0.25, 0.3) is 0 Å². The largest absolute Gasteiger partial charge is 0.379 e. The van der Waals surface area contributed by atoms with Gasteiger partial charge in [-0.3, -0.25) is 4.79 Å². The van der Waals surface area contributed by atoms with Gasteiger partial charge in [0.15, 0.2) is 0 Å². The summed E-state index contributed by atoms with van der Waals surface area (Å²) in [4.78, 5) is 13.7. The molecule has 0 aliphatic carbocycles. The summed E-state index contributed by atoms with van der Waals surface area (Å²) in [7, 11) is 0. The Balaban J connectivity index is 1.79. The normalized spacial score (nSPS) is 14.5. The van der Waals surface area contributed by atoms with Crippen molar-refractivity contribution >= 4 is 33.2 Å². The molecule has 22 heavy (non-hydrogen) atoms. The van der Waals surface area contributed by atoms with Crippen LogP contribution in [0.4, 0.5) is 15.8 Å². The van der Waals surface area contributed by atoms with Gasteiger partial charge in [0.05, 0.1) is 11.4 Å². The van der Waals surface area contributed by atoms with Crippen molar-refractivity contribution in [2.45, 2.75) is 19.4 Å². The molecule has 0 atom stereocenters. The number of hydrogen-bond donors (Lipinski definition) is 1. The molecule has 0 radical (unpaired) electrons. The van der Waals surface area contributed by atoms with Crippen LogP contribution in [0, 0.1) is 5.82 Å². The summed E-state index contributed by atoms with van der Waals surface area (Å²) in [5.41, 5.74) is 2.30. The van der Waals surface area contributed by atoms with Crippen LogP contribution < -0.4 is 10.2 Å². The SMILES string of the molecule is O=C1CCCN1c1ccccc1NCc1ccc(Br)cc1F. The molecule has 0 saturated carbocycles. The third-order valence-corrected chi connectivity index (χ3v) is 4.25. The number of nitrogens with one attached hydrogen (secondary N) is 1. The molecule has 114 valence electrons. The van der Waals surface area contributed by atoms with E-state index in [2.05, 4.69) is 21.2 Å². The van der Waals surface area contributed by atoms with E-state index >= 15 is 0 Å². The van der Waals surface area contributed by atoms with Crippen LogP contribution in [0.3, 0.4) is 0 Å². The lowest BCUT2D eigenvalue weighted by molar-refractivity contribution is -0.117. The van der Waals surface area contributed by atoms with Crippen molar-refractivity contribution in [3.8, 4) is 0 Å². The molecule has 1 N–H and O–H groups in total. The Morgan fingerprint density at radius 2 is 2.05 bits per heavy atom. The minimum atomic E-state index is -0.253. The van der Waals surface area contributed by atoms with Crippen LogP contribution in [0.1, 0.15) is 18.4 Å². The average molecular weight is 363 g/mol. The molecule has 1 saturated heterocycles. The van der Waals surface area contributed by atoms with E-state index in [1.165, 1.54) is 6.07 Å². The van der Waals surface area contributed by atoms with Gasteiger partial charge in [0.2, 0.25) is 5.91 Å². The van der Waals surface area contributed by atoms with Crippen molar-refractivity contribution in [2.75, 3.05) is 16.8 Å². The van der Waals surface area contributed by atoms with Crippen LogP contribution in [0.5, 0.6) is 0 Å². The van der Waals surface area contributed by atoms with Gasteiger partial charge in [-0.25, -0.2) is 4.39 Å². The van der Waals surface area contributed by atoms with Crippen molar-refractivity contribution in [1.29, 1.82) is 0 Å². The van der Waals surface area contributed by atoms with Crippen molar-refractivity contribution in [1.82, 2.24) is 0 Å². The van der Waals surface area contributed by atoms with E-state index in [9.17, 15) is 9.18 Å². The molecule has 3 nitrogen and oxygen atoms in total. The first-order valence-electron chi connectivity index (χ1n) is 7.22. The third-order valence-electron chi connectivity index (χ3n) is 3.75. The molecular formula is C17H16BrFN2O. The van der Waals surface area contributed by atoms with E-state index in [1.54, 1.807) is 11.0 Å². The number of nitrogens with zero attached hydrogens (tertiary/aromatic N) is 1. The highest BCUT2D eigenvalue weighted by atomic mass is 79.9. The molecule has 3 rings (SSSR count). The summed E-state index contributed by atoms with van der Waals surface area (Å²) >= 11 is 3.25. The van der Waals surface area contributed by atoms with Gasteiger partial charge in [-0.2, -0.15) is 0 Å². The fourth-order valence-electron chi connectivity index (χ4n) is 2.62. The lowest BCUT2D eigenvalue weighted by atomic mass is 10.2. The van der Waals surface area contributed by atoms with Gasteiger partial charge in [-0.15, -0.1) is 0 Å². The predicted octanol–water partition coefficient (Wildman–Crippen LogP) is 4.33. The highest BCUT2D eigenvalue weighted by molar-refractivity contribution is 9.10. The third kappa shape index (κ3) is 3.14. The Kier molecular flexibility index (Phi) is 4.43. The van der Waals surface area contributed by atoms with E-state index in [1.807, 2.05) is 30.3 Å². The zero-order chi connectivity index (χ0) is 15.5. The molecule has 1 amide bonds. The number of carbonyl (C=O) groups is 1. The Hall–Kier alpha value is -1.88. The minimum absolute atomic E-state index is 0.143. The standard InChI is InChI=1S/C17H16BrFN2O/c18-13-8-7-12(14(19)10-13)11-20-15-4-1-2-5-16(15)21-9-3-6-17(21)22/h1-2,4-5,7-8,10,20H,3,6,9,11H2. The van der Waals surface area contributed by atoms with Crippen LogP contribution in [-0.4, -0.2) is 12.5 Å². The first kappa shape index (κ1) is 15.0. The molecule has 1 heterocycles. The van der Waals surface area contributed by atoms with Crippen molar-refractivity contribution in [3.05, 3.63) is 58.3 Å². The second-order valence-electron chi connectivity index (χ2n) is 5.26. The number of benzene rings is 2. The highest BCUT2D eigenvalue weighted by Gasteiger charge is 2.23. The molecule has 1 aliphatic heterocycles. The Morgan fingerprint density at radius 1 is 1.23 bits per heavy atom. The maximum Gasteiger partial charge on any atom is 0.227 e. The Bertz CT molecular complexity index is 705. The molecule has 0 unspecified atom stereocenters. The number of para-hydroxylation sites is 2. The van der Waals surface area contributed by atoms with E-state index in [0.717, 1.165) is 28.8 Å². The average Bonchev–Trinajstić information content (AvgIpc) is 2.93. The van der Waals surface area contributed by atoms with Gasteiger partial charge >= 0.3 is 0 Å². The molecule has 0 aromatic heterocycles. The fourth-order valence-corrected chi connectivity index (χ4v) is 2.95. The smallest absolute Gasteiger partial charge is 0.227 e. The highest BCUT2D eigenvalue weighted by Crippen LogP contribution is 2.30. The molecule has 1 fully saturated rings. The summed E-state index contributed by atoms with van der Waals surface area (Å²) in [5.74, 6) is -0.110. The first-order chi connectivity index (χ1) is 10.6. The molecule has 0 bridgehead atoms. The van der Waals surface area contributed by atoms with Crippen LogP contribution in [0.15, 0.2) is 46.9 Å². The van der Waals surface area contributed by atoms with Gasteiger partial charge < -0.3 is 10.2 Å². The zero-order valence-electron chi connectivity index (χ0n) is 12.0. The Labute approximate surface area is 137 Å². The number of hydrogen-bond acceptors (Lipinski definition) is 2. The van der Waals surface area contributed by atoms with E-state index < -0.39 is 0 Å². The fraction of sp³-hybridized carbons (Fsp3) is 0.235. The topological polar surface area (TPSA) is 32.3 Å². The number of carbonyl (C=O) groups excluding carboxylic acids is 1. The molecular weight excluding hydrogens is 347 g/mol. The second kappa shape index (κ2) is 6.48. The van der Waals surface area contributed by atoms with Crippen LogP contribution in [0.25, 0.3) is 0 Å².